The van der Waals surface area contributed by atoms with E-state index >= 15 is 0 Å². The zero-order valence-electron chi connectivity index (χ0n) is 11.2. The highest BCUT2D eigenvalue weighted by Crippen LogP contribution is 2.27. The van der Waals surface area contributed by atoms with Crippen molar-refractivity contribution < 1.29 is 9.53 Å². The lowest BCUT2D eigenvalue weighted by molar-refractivity contribution is 0.102. The van der Waals surface area contributed by atoms with Gasteiger partial charge in [-0.05, 0) is 36.8 Å². The van der Waals surface area contributed by atoms with Crippen molar-refractivity contribution in [3.8, 4) is 5.75 Å². The number of rotatable bonds is 3. The SMILES string of the molecule is COc1cc(Cl)ccc1C(=O)Nc1c(C)cccc1N. The molecular formula is C15H15ClN2O2. The number of nitrogen functional groups attached to an aromatic ring is 1. The zero-order chi connectivity index (χ0) is 14.7. The molecule has 5 heteroatoms. The van der Waals surface area contributed by atoms with Crippen molar-refractivity contribution in [1.29, 1.82) is 0 Å². The molecule has 0 unspecified atom stereocenters. The standard InChI is InChI=1S/C15H15ClN2O2/c1-9-4-3-5-12(17)14(9)18-15(19)11-7-6-10(16)8-13(11)20-2/h3-8H,17H2,1-2H3,(H,18,19). The van der Waals surface area contributed by atoms with Crippen molar-refractivity contribution in [3.63, 3.8) is 0 Å². The van der Waals surface area contributed by atoms with Crippen LogP contribution in [0.4, 0.5) is 11.4 Å². The van der Waals surface area contributed by atoms with Crippen LogP contribution in [0.5, 0.6) is 5.75 Å². The number of aryl methyl sites for hydroxylation is 1. The minimum absolute atomic E-state index is 0.292. The molecule has 0 radical (unpaired) electrons. The van der Waals surface area contributed by atoms with Crippen LogP contribution < -0.4 is 15.8 Å². The van der Waals surface area contributed by atoms with Crippen LogP contribution in [0.2, 0.25) is 5.02 Å². The van der Waals surface area contributed by atoms with Gasteiger partial charge in [0, 0.05) is 5.02 Å². The number of nitrogens with two attached hydrogens (primary N) is 1. The van der Waals surface area contributed by atoms with E-state index in [1.165, 1.54) is 7.11 Å². The Morgan fingerprint density at radius 3 is 2.70 bits per heavy atom. The molecule has 0 aliphatic rings. The molecule has 0 aliphatic carbocycles. The van der Waals surface area contributed by atoms with E-state index in [0.29, 0.717) is 27.7 Å². The van der Waals surface area contributed by atoms with Gasteiger partial charge in [0.1, 0.15) is 5.75 Å². The lowest BCUT2D eigenvalue weighted by atomic mass is 10.1. The summed E-state index contributed by atoms with van der Waals surface area (Å²) in [7, 11) is 1.49. The molecule has 20 heavy (non-hydrogen) atoms. The van der Waals surface area contributed by atoms with Crippen molar-refractivity contribution in [2.24, 2.45) is 0 Å². The van der Waals surface area contributed by atoms with Crippen LogP contribution in [-0.4, -0.2) is 13.0 Å². The molecule has 0 fully saturated rings. The van der Waals surface area contributed by atoms with Crippen LogP contribution in [0.1, 0.15) is 15.9 Å². The average Bonchev–Trinajstić information content (AvgIpc) is 2.42. The highest BCUT2D eigenvalue weighted by Gasteiger charge is 2.14. The third-order valence-corrected chi connectivity index (χ3v) is 3.19. The molecule has 2 aromatic rings. The Labute approximate surface area is 122 Å². The van der Waals surface area contributed by atoms with E-state index in [1.54, 1.807) is 24.3 Å². The van der Waals surface area contributed by atoms with Gasteiger partial charge in [0.15, 0.2) is 0 Å². The normalized spacial score (nSPS) is 10.2. The number of amides is 1. The van der Waals surface area contributed by atoms with E-state index in [-0.39, 0.29) is 5.91 Å². The van der Waals surface area contributed by atoms with Crippen molar-refractivity contribution in [1.82, 2.24) is 0 Å². The molecule has 4 nitrogen and oxygen atoms in total. The molecule has 3 N–H and O–H groups in total. The number of hydrogen-bond donors (Lipinski definition) is 2. The van der Waals surface area contributed by atoms with Gasteiger partial charge in [0.25, 0.3) is 5.91 Å². The maximum atomic E-state index is 12.3. The van der Waals surface area contributed by atoms with Gasteiger partial charge in [-0.3, -0.25) is 4.79 Å². The van der Waals surface area contributed by atoms with Gasteiger partial charge < -0.3 is 15.8 Å². The minimum atomic E-state index is -0.292. The van der Waals surface area contributed by atoms with Gasteiger partial charge in [0.05, 0.1) is 24.0 Å². The molecule has 0 saturated heterocycles. The number of ether oxygens (including phenoxy) is 1. The van der Waals surface area contributed by atoms with Crippen LogP contribution in [0, 0.1) is 6.92 Å². The number of nitrogens with one attached hydrogen (secondary N) is 1. The Kier molecular flexibility index (Phi) is 4.15. The Morgan fingerprint density at radius 1 is 1.30 bits per heavy atom. The average molecular weight is 291 g/mol. The molecule has 104 valence electrons. The summed E-state index contributed by atoms with van der Waals surface area (Å²) < 4.78 is 5.17. The number of carbonyl (C=O) groups is 1. The van der Waals surface area contributed by atoms with Crippen LogP contribution in [0.3, 0.4) is 0 Å². The molecule has 2 rings (SSSR count). The number of anilines is 2. The Morgan fingerprint density at radius 2 is 2.05 bits per heavy atom. The van der Waals surface area contributed by atoms with Crippen molar-refractivity contribution >= 4 is 28.9 Å². The highest BCUT2D eigenvalue weighted by atomic mass is 35.5. The van der Waals surface area contributed by atoms with Crippen molar-refractivity contribution in [2.45, 2.75) is 6.92 Å². The molecule has 0 heterocycles. The summed E-state index contributed by atoms with van der Waals surface area (Å²) >= 11 is 5.88. The molecule has 1 amide bonds. The number of methoxy groups -OCH3 is 1. The summed E-state index contributed by atoms with van der Waals surface area (Å²) in [6.45, 7) is 1.88. The smallest absolute Gasteiger partial charge is 0.259 e. The number of carbonyl (C=O) groups excluding carboxylic acids is 1. The molecule has 0 atom stereocenters. The first-order valence-electron chi connectivity index (χ1n) is 6.03. The molecular weight excluding hydrogens is 276 g/mol. The molecule has 0 aliphatic heterocycles. The lowest BCUT2D eigenvalue weighted by Crippen LogP contribution is -2.15. The lowest BCUT2D eigenvalue weighted by Gasteiger charge is -2.13. The monoisotopic (exact) mass is 290 g/mol. The summed E-state index contributed by atoms with van der Waals surface area (Å²) in [6, 6.07) is 10.3. The zero-order valence-corrected chi connectivity index (χ0v) is 12.0. The number of benzene rings is 2. The van der Waals surface area contributed by atoms with Crippen LogP contribution in [0.25, 0.3) is 0 Å². The Hall–Kier alpha value is -2.20. The van der Waals surface area contributed by atoms with E-state index in [2.05, 4.69) is 5.32 Å². The minimum Gasteiger partial charge on any atom is -0.496 e. The van der Waals surface area contributed by atoms with Gasteiger partial charge in [-0.25, -0.2) is 0 Å². The fourth-order valence-corrected chi connectivity index (χ4v) is 2.06. The molecule has 0 spiro atoms. The largest absolute Gasteiger partial charge is 0.496 e. The molecule has 0 aromatic heterocycles. The molecule has 0 bridgehead atoms. The van der Waals surface area contributed by atoms with Crippen molar-refractivity contribution in [2.75, 3.05) is 18.2 Å². The summed E-state index contributed by atoms with van der Waals surface area (Å²) in [4.78, 5) is 12.3. The van der Waals surface area contributed by atoms with Gasteiger partial charge in [-0.2, -0.15) is 0 Å². The van der Waals surface area contributed by atoms with E-state index in [9.17, 15) is 4.79 Å². The predicted molar refractivity (Wildman–Crippen MR) is 81.5 cm³/mol. The maximum absolute atomic E-state index is 12.3. The first-order chi connectivity index (χ1) is 9.52. The van der Waals surface area contributed by atoms with E-state index in [1.807, 2.05) is 19.1 Å². The quantitative estimate of drug-likeness (QED) is 0.851. The van der Waals surface area contributed by atoms with Gasteiger partial charge in [-0.1, -0.05) is 23.7 Å². The van der Waals surface area contributed by atoms with Gasteiger partial charge in [-0.15, -0.1) is 0 Å². The Balaban J connectivity index is 2.33. The van der Waals surface area contributed by atoms with Crippen LogP contribution in [-0.2, 0) is 0 Å². The number of hydrogen-bond acceptors (Lipinski definition) is 3. The van der Waals surface area contributed by atoms with E-state index in [4.69, 9.17) is 22.1 Å². The van der Waals surface area contributed by atoms with Crippen LogP contribution >= 0.6 is 11.6 Å². The van der Waals surface area contributed by atoms with Gasteiger partial charge in [0.2, 0.25) is 0 Å². The van der Waals surface area contributed by atoms with E-state index < -0.39 is 0 Å². The van der Waals surface area contributed by atoms with Crippen LogP contribution in [0.15, 0.2) is 36.4 Å². The second-order valence-electron chi connectivity index (χ2n) is 4.34. The highest BCUT2D eigenvalue weighted by molar-refractivity contribution is 6.31. The topological polar surface area (TPSA) is 64.3 Å². The summed E-state index contributed by atoms with van der Waals surface area (Å²) in [5.74, 6) is 0.127. The number of para-hydroxylation sites is 1. The second-order valence-corrected chi connectivity index (χ2v) is 4.77. The molecule has 0 saturated carbocycles. The first kappa shape index (κ1) is 14.2. The number of halogens is 1. The predicted octanol–water partition coefficient (Wildman–Crippen LogP) is 3.49. The van der Waals surface area contributed by atoms with Crippen molar-refractivity contribution in [3.05, 3.63) is 52.5 Å². The fraction of sp³-hybridized carbons (Fsp3) is 0.133. The summed E-state index contributed by atoms with van der Waals surface area (Å²) in [6.07, 6.45) is 0. The van der Waals surface area contributed by atoms with Gasteiger partial charge >= 0.3 is 0 Å². The third kappa shape index (κ3) is 2.86. The summed E-state index contributed by atoms with van der Waals surface area (Å²) in [5, 5.41) is 3.31. The van der Waals surface area contributed by atoms with E-state index in [0.717, 1.165) is 5.56 Å². The molecule has 2 aromatic carbocycles. The fourth-order valence-electron chi connectivity index (χ4n) is 1.89. The Bertz CT molecular complexity index is 636. The maximum Gasteiger partial charge on any atom is 0.259 e. The third-order valence-electron chi connectivity index (χ3n) is 2.95. The summed E-state index contributed by atoms with van der Waals surface area (Å²) in [5.41, 5.74) is 8.30. The second kappa shape index (κ2) is 5.84. The first-order valence-corrected chi connectivity index (χ1v) is 6.40.